The minimum atomic E-state index is -0.223. The first-order chi connectivity index (χ1) is 20.0. The average molecular weight is 551 g/mol. The van der Waals surface area contributed by atoms with Gasteiger partial charge in [0, 0.05) is 42.8 Å². The number of rotatable bonds is 6. The van der Waals surface area contributed by atoms with Crippen molar-refractivity contribution in [3.05, 3.63) is 102 Å². The molecule has 3 fully saturated rings. The maximum absolute atomic E-state index is 13.9. The zero-order valence-electron chi connectivity index (χ0n) is 23.9. The number of halogens is 1. The highest BCUT2D eigenvalue weighted by atomic mass is 19.1. The molecule has 3 aromatic carbocycles. The van der Waals surface area contributed by atoms with E-state index in [-0.39, 0.29) is 17.1 Å². The number of benzene rings is 3. The van der Waals surface area contributed by atoms with Crippen molar-refractivity contribution in [1.82, 2.24) is 19.4 Å². The van der Waals surface area contributed by atoms with Crippen LogP contribution in [-0.4, -0.2) is 57.0 Å². The Bertz CT molecular complexity index is 1510. The molecule has 1 unspecified atom stereocenters. The van der Waals surface area contributed by atoms with Gasteiger partial charge >= 0.3 is 0 Å². The molecule has 41 heavy (non-hydrogen) atoms. The van der Waals surface area contributed by atoms with Crippen molar-refractivity contribution in [3.8, 4) is 0 Å². The molecular formula is C35H39FN4O. The first kappa shape index (κ1) is 26.4. The van der Waals surface area contributed by atoms with Crippen LogP contribution in [0.15, 0.2) is 78.9 Å². The fraction of sp³-hybridized carbons (Fsp3) is 0.429. The Morgan fingerprint density at radius 3 is 2.24 bits per heavy atom. The number of carbonyl (C=O) groups is 1. The van der Waals surface area contributed by atoms with E-state index in [4.69, 9.17) is 4.98 Å². The van der Waals surface area contributed by atoms with Gasteiger partial charge in [-0.3, -0.25) is 9.69 Å². The van der Waals surface area contributed by atoms with Crippen LogP contribution >= 0.6 is 0 Å². The lowest BCUT2D eigenvalue weighted by Gasteiger charge is -2.45. The molecule has 7 rings (SSSR count). The molecule has 3 saturated heterocycles. The topological polar surface area (TPSA) is 41.4 Å². The fourth-order valence-electron chi connectivity index (χ4n) is 8.19. The van der Waals surface area contributed by atoms with Gasteiger partial charge in [-0.15, -0.1) is 0 Å². The number of carbonyl (C=O) groups excluding carboxylic acids is 1. The van der Waals surface area contributed by atoms with Crippen LogP contribution in [0.4, 0.5) is 4.39 Å². The summed E-state index contributed by atoms with van der Waals surface area (Å²) >= 11 is 0. The summed E-state index contributed by atoms with van der Waals surface area (Å²) in [5.74, 6) is 0.917. The molecule has 212 valence electrons. The van der Waals surface area contributed by atoms with Crippen molar-refractivity contribution in [2.75, 3.05) is 19.6 Å². The number of nitrogens with zero attached hydrogens (tertiary/aromatic N) is 4. The fourth-order valence-corrected chi connectivity index (χ4v) is 8.19. The highest BCUT2D eigenvalue weighted by Crippen LogP contribution is 2.45. The molecule has 1 amide bonds. The smallest absolute Gasteiger partial charge is 0.253 e. The van der Waals surface area contributed by atoms with E-state index >= 15 is 0 Å². The van der Waals surface area contributed by atoms with E-state index in [9.17, 15) is 9.18 Å². The van der Waals surface area contributed by atoms with Gasteiger partial charge in [-0.25, -0.2) is 9.37 Å². The van der Waals surface area contributed by atoms with E-state index in [1.807, 2.05) is 36.4 Å². The van der Waals surface area contributed by atoms with Crippen molar-refractivity contribution in [2.45, 2.75) is 75.4 Å². The van der Waals surface area contributed by atoms with Crippen LogP contribution in [0.2, 0.25) is 0 Å². The Hall–Kier alpha value is -3.51. The summed E-state index contributed by atoms with van der Waals surface area (Å²) in [7, 11) is 0. The Kier molecular flexibility index (Phi) is 6.90. The van der Waals surface area contributed by atoms with Crippen molar-refractivity contribution in [2.24, 2.45) is 0 Å². The quantitative estimate of drug-likeness (QED) is 0.262. The molecule has 0 saturated carbocycles. The maximum Gasteiger partial charge on any atom is 0.253 e. The number of likely N-dealkylation sites (tertiary alicyclic amines) is 1. The Morgan fingerprint density at radius 1 is 0.902 bits per heavy atom. The largest absolute Gasteiger partial charge is 0.339 e. The zero-order chi connectivity index (χ0) is 28.0. The minimum absolute atomic E-state index is 0.0895. The highest BCUT2D eigenvalue weighted by Gasteiger charge is 2.44. The normalized spacial score (nSPS) is 24.1. The van der Waals surface area contributed by atoms with Crippen LogP contribution < -0.4 is 0 Å². The molecule has 0 N–H and O–H groups in total. The van der Waals surface area contributed by atoms with Gasteiger partial charge in [0.05, 0.1) is 11.0 Å². The summed E-state index contributed by atoms with van der Waals surface area (Å²) in [5, 5.41) is 0. The molecule has 3 atom stereocenters. The Balaban J connectivity index is 1.07. The van der Waals surface area contributed by atoms with Gasteiger partial charge in [-0.2, -0.15) is 0 Å². The minimum Gasteiger partial charge on any atom is -0.339 e. The second-order valence-corrected chi connectivity index (χ2v) is 12.5. The lowest BCUT2D eigenvalue weighted by molar-refractivity contribution is 0.0607. The van der Waals surface area contributed by atoms with Gasteiger partial charge in [0.25, 0.3) is 5.91 Å². The van der Waals surface area contributed by atoms with Gasteiger partial charge in [-0.05, 0) is 93.7 Å². The second-order valence-electron chi connectivity index (χ2n) is 12.5. The van der Waals surface area contributed by atoms with Gasteiger partial charge in [0.15, 0.2) is 0 Å². The highest BCUT2D eigenvalue weighted by molar-refractivity contribution is 5.94. The molecule has 3 aliphatic rings. The summed E-state index contributed by atoms with van der Waals surface area (Å²) in [6, 6.07) is 27.3. The van der Waals surface area contributed by atoms with Gasteiger partial charge in [-0.1, -0.05) is 48.5 Å². The van der Waals surface area contributed by atoms with E-state index in [0.29, 0.717) is 18.1 Å². The van der Waals surface area contributed by atoms with Crippen molar-refractivity contribution in [3.63, 3.8) is 0 Å². The number of fused-ring (bicyclic) bond motifs is 3. The predicted molar refractivity (Wildman–Crippen MR) is 161 cm³/mol. The molecule has 0 aliphatic carbocycles. The summed E-state index contributed by atoms with van der Waals surface area (Å²) in [6.07, 6.45) is 7.86. The molecule has 4 aromatic rings. The lowest BCUT2D eigenvalue weighted by Crippen LogP contribution is -2.49. The van der Waals surface area contributed by atoms with Gasteiger partial charge in [0.2, 0.25) is 0 Å². The molecule has 3 aliphatic heterocycles. The van der Waals surface area contributed by atoms with Crippen LogP contribution in [0.1, 0.15) is 72.7 Å². The first-order valence-electron chi connectivity index (χ1n) is 15.3. The molecule has 5 nitrogen and oxygen atoms in total. The third-order valence-corrected chi connectivity index (χ3v) is 10.3. The molecule has 4 heterocycles. The van der Waals surface area contributed by atoms with E-state index < -0.39 is 0 Å². The molecule has 0 radical (unpaired) electrons. The zero-order valence-corrected chi connectivity index (χ0v) is 23.9. The summed E-state index contributed by atoms with van der Waals surface area (Å²) < 4.78 is 16.2. The van der Waals surface area contributed by atoms with Gasteiger partial charge < -0.3 is 9.47 Å². The number of piperidine rings is 2. The number of amides is 1. The molecule has 0 spiro atoms. The third kappa shape index (κ3) is 4.86. The molecule has 6 heteroatoms. The number of imidazole rings is 1. The number of aryl methyl sites for hydroxylation is 1. The van der Waals surface area contributed by atoms with E-state index in [1.165, 1.54) is 18.4 Å². The van der Waals surface area contributed by atoms with E-state index in [1.54, 1.807) is 12.1 Å². The molecule has 2 bridgehead atoms. The monoisotopic (exact) mass is 550 g/mol. The lowest BCUT2D eigenvalue weighted by atomic mass is 9.70. The average Bonchev–Trinajstić information content (AvgIpc) is 3.46. The summed E-state index contributed by atoms with van der Waals surface area (Å²) in [6.45, 7) is 4.75. The van der Waals surface area contributed by atoms with Crippen LogP contribution in [0.3, 0.4) is 0 Å². The van der Waals surface area contributed by atoms with Crippen molar-refractivity contribution >= 4 is 16.9 Å². The van der Waals surface area contributed by atoms with Crippen LogP contribution in [0.5, 0.6) is 0 Å². The summed E-state index contributed by atoms with van der Waals surface area (Å²) in [4.78, 5) is 22.7. The Morgan fingerprint density at radius 2 is 1.56 bits per heavy atom. The molecule has 1 aromatic heterocycles. The standard InChI is InChI=1S/C35H39FN4O/c1-25-37-32-22-28(36)12-15-33(32)40(25)31-23-29-13-14-30(24-31)39(29)21-18-35(27-10-6-3-7-11-27)16-19-38(20-17-35)34(41)26-8-4-2-5-9-26/h2-12,15,22,29-31H,13-14,16-21,23-24H2,1H3/t29-,30+,31?. The number of hydrogen-bond acceptors (Lipinski definition) is 3. The van der Waals surface area contributed by atoms with Crippen LogP contribution in [-0.2, 0) is 5.41 Å². The van der Waals surface area contributed by atoms with Crippen molar-refractivity contribution in [1.29, 1.82) is 0 Å². The SMILES string of the molecule is Cc1nc2cc(F)ccc2n1C1C[C@H]2CC[C@@H](C1)N2CCC1(c2ccccc2)CCN(C(=O)c2ccccc2)CC1. The second kappa shape index (κ2) is 10.7. The van der Waals surface area contributed by atoms with Gasteiger partial charge in [0.1, 0.15) is 11.6 Å². The first-order valence-corrected chi connectivity index (χ1v) is 15.3. The van der Waals surface area contributed by atoms with E-state index in [2.05, 4.69) is 51.6 Å². The van der Waals surface area contributed by atoms with Crippen LogP contribution in [0.25, 0.3) is 11.0 Å². The van der Waals surface area contributed by atoms with E-state index in [0.717, 1.165) is 74.2 Å². The number of aromatic nitrogens is 2. The Labute approximate surface area is 242 Å². The van der Waals surface area contributed by atoms with Crippen LogP contribution in [0, 0.1) is 12.7 Å². The summed E-state index contributed by atoms with van der Waals surface area (Å²) in [5.41, 5.74) is 4.11. The maximum atomic E-state index is 13.9. The molecular weight excluding hydrogens is 511 g/mol. The van der Waals surface area contributed by atoms with Crippen molar-refractivity contribution < 1.29 is 9.18 Å². The third-order valence-electron chi connectivity index (χ3n) is 10.3. The predicted octanol–water partition coefficient (Wildman–Crippen LogP) is 6.92. The number of hydrogen-bond donors (Lipinski definition) is 0.